The van der Waals surface area contributed by atoms with Crippen LogP contribution in [-0.2, 0) is 4.74 Å². The Morgan fingerprint density at radius 2 is 2.29 bits per heavy atom. The lowest BCUT2D eigenvalue weighted by molar-refractivity contribution is 0.205. The van der Waals surface area contributed by atoms with Gasteiger partial charge in [-0.05, 0) is 19.1 Å². The standard InChI is InChI=1S/C12H17N3OS/c1-3-15(6-7-16-2)9-4-5-10-12(11(9)13)14-8-17-10/h4-5,8H,3,6-7,13H2,1-2H3. The largest absolute Gasteiger partial charge is 0.395 e. The summed E-state index contributed by atoms with van der Waals surface area (Å²) < 4.78 is 6.25. The number of nitrogens with two attached hydrogens (primary N) is 1. The van der Waals surface area contributed by atoms with E-state index in [2.05, 4.69) is 28.9 Å². The zero-order valence-electron chi connectivity index (χ0n) is 10.1. The maximum absolute atomic E-state index is 6.17. The van der Waals surface area contributed by atoms with Crippen molar-refractivity contribution >= 4 is 32.9 Å². The molecule has 0 aliphatic carbocycles. The van der Waals surface area contributed by atoms with Crippen LogP contribution in [-0.4, -0.2) is 31.8 Å². The first-order valence-corrected chi connectivity index (χ1v) is 6.51. The molecule has 0 radical (unpaired) electrons. The van der Waals surface area contributed by atoms with Gasteiger partial charge in [0.2, 0.25) is 0 Å². The predicted octanol–water partition coefficient (Wildman–Crippen LogP) is 2.35. The number of thiazole rings is 1. The second-order valence-corrected chi connectivity index (χ2v) is 4.66. The molecule has 0 saturated carbocycles. The molecular weight excluding hydrogens is 234 g/mol. The molecule has 0 saturated heterocycles. The van der Waals surface area contributed by atoms with Crippen LogP contribution in [0.2, 0.25) is 0 Å². The lowest BCUT2D eigenvalue weighted by Crippen LogP contribution is -2.27. The van der Waals surface area contributed by atoms with Gasteiger partial charge in [0.25, 0.3) is 0 Å². The van der Waals surface area contributed by atoms with Crippen LogP contribution in [0, 0.1) is 0 Å². The van der Waals surface area contributed by atoms with Crippen molar-refractivity contribution in [3.8, 4) is 0 Å². The summed E-state index contributed by atoms with van der Waals surface area (Å²) >= 11 is 1.61. The number of anilines is 2. The molecule has 0 unspecified atom stereocenters. The van der Waals surface area contributed by atoms with Crippen molar-refractivity contribution in [1.29, 1.82) is 0 Å². The zero-order valence-corrected chi connectivity index (χ0v) is 11.0. The average Bonchev–Trinajstić information content (AvgIpc) is 2.81. The first-order valence-electron chi connectivity index (χ1n) is 5.63. The molecule has 1 heterocycles. The monoisotopic (exact) mass is 251 g/mol. The first kappa shape index (κ1) is 12.1. The fourth-order valence-corrected chi connectivity index (χ4v) is 2.56. The van der Waals surface area contributed by atoms with E-state index in [9.17, 15) is 0 Å². The number of hydrogen-bond acceptors (Lipinski definition) is 5. The normalized spacial score (nSPS) is 10.9. The summed E-state index contributed by atoms with van der Waals surface area (Å²) in [4.78, 5) is 6.52. The summed E-state index contributed by atoms with van der Waals surface area (Å²) in [6, 6.07) is 4.14. The molecule has 2 aromatic rings. The van der Waals surface area contributed by atoms with Crippen LogP contribution in [0.25, 0.3) is 10.2 Å². The highest BCUT2D eigenvalue weighted by molar-refractivity contribution is 7.16. The molecule has 5 heteroatoms. The summed E-state index contributed by atoms with van der Waals surface area (Å²) in [6.07, 6.45) is 0. The van der Waals surface area contributed by atoms with E-state index in [1.165, 1.54) is 0 Å². The maximum Gasteiger partial charge on any atom is 0.106 e. The van der Waals surface area contributed by atoms with Gasteiger partial charge in [0, 0.05) is 20.2 Å². The second kappa shape index (κ2) is 5.33. The van der Waals surface area contributed by atoms with E-state index in [0.29, 0.717) is 6.61 Å². The fourth-order valence-electron chi connectivity index (χ4n) is 1.87. The molecule has 92 valence electrons. The minimum Gasteiger partial charge on any atom is -0.395 e. The Balaban J connectivity index is 2.35. The Hall–Kier alpha value is -1.33. The van der Waals surface area contributed by atoms with Gasteiger partial charge in [-0.3, -0.25) is 0 Å². The van der Waals surface area contributed by atoms with Gasteiger partial charge < -0.3 is 15.4 Å². The van der Waals surface area contributed by atoms with E-state index in [4.69, 9.17) is 10.5 Å². The number of ether oxygens (including phenoxy) is 1. The van der Waals surface area contributed by atoms with Gasteiger partial charge in [-0.2, -0.15) is 0 Å². The number of methoxy groups -OCH3 is 1. The van der Waals surface area contributed by atoms with E-state index < -0.39 is 0 Å². The van der Waals surface area contributed by atoms with Gasteiger partial charge in [0.15, 0.2) is 0 Å². The summed E-state index contributed by atoms with van der Waals surface area (Å²) in [7, 11) is 1.71. The molecule has 0 atom stereocenters. The van der Waals surface area contributed by atoms with E-state index in [-0.39, 0.29) is 0 Å². The van der Waals surface area contributed by atoms with E-state index in [0.717, 1.165) is 34.7 Å². The van der Waals surface area contributed by atoms with Crippen LogP contribution >= 0.6 is 11.3 Å². The maximum atomic E-state index is 6.17. The van der Waals surface area contributed by atoms with Gasteiger partial charge in [0.1, 0.15) is 5.52 Å². The summed E-state index contributed by atoms with van der Waals surface area (Å²) in [5.74, 6) is 0. The van der Waals surface area contributed by atoms with Crippen molar-refractivity contribution in [3.05, 3.63) is 17.6 Å². The zero-order chi connectivity index (χ0) is 12.3. The summed E-state index contributed by atoms with van der Waals surface area (Å²) in [6.45, 7) is 4.55. The van der Waals surface area contributed by atoms with Crippen molar-refractivity contribution in [3.63, 3.8) is 0 Å². The predicted molar refractivity (Wildman–Crippen MR) is 73.8 cm³/mol. The molecule has 4 nitrogen and oxygen atoms in total. The Morgan fingerprint density at radius 1 is 1.47 bits per heavy atom. The molecule has 0 fully saturated rings. The number of hydrogen-bond donors (Lipinski definition) is 1. The van der Waals surface area contributed by atoms with Crippen LogP contribution in [0.4, 0.5) is 11.4 Å². The Kier molecular flexibility index (Phi) is 3.81. The van der Waals surface area contributed by atoms with Crippen molar-refractivity contribution < 1.29 is 4.74 Å². The molecule has 2 rings (SSSR count). The fraction of sp³-hybridized carbons (Fsp3) is 0.417. The molecule has 17 heavy (non-hydrogen) atoms. The van der Waals surface area contributed by atoms with Crippen LogP contribution in [0.3, 0.4) is 0 Å². The van der Waals surface area contributed by atoms with Gasteiger partial charge in [-0.1, -0.05) is 0 Å². The number of fused-ring (bicyclic) bond motifs is 1. The lowest BCUT2D eigenvalue weighted by atomic mass is 10.2. The van der Waals surface area contributed by atoms with E-state index in [1.54, 1.807) is 18.4 Å². The highest BCUT2D eigenvalue weighted by Gasteiger charge is 2.11. The summed E-state index contributed by atoms with van der Waals surface area (Å²) in [5, 5.41) is 0. The number of likely N-dealkylation sites (N-methyl/N-ethyl adjacent to an activating group) is 1. The number of nitrogens with zero attached hydrogens (tertiary/aromatic N) is 2. The van der Waals surface area contributed by atoms with Crippen molar-refractivity contribution in [2.24, 2.45) is 0 Å². The van der Waals surface area contributed by atoms with Gasteiger partial charge in [-0.15, -0.1) is 11.3 Å². The lowest BCUT2D eigenvalue weighted by Gasteiger charge is -2.24. The SMILES string of the molecule is CCN(CCOC)c1ccc2scnc2c1N. The number of rotatable bonds is 5. The van der Waals surface area contributed by atoms with E-state index in [1.807, 2.05) is 5.51 Å². The van der Waals surface area contributed by atoms with Crippen LogP contribution < -0.4 is 10.6 Å². The molecule has 2 N–H and O–H groups in total. The summed E-state index contributed by atoms with van der Waals surface area (Å²) in [5.41, 5.74) is 10.7. The van der Waals surface area contributed by atoms with Gasteiger partial charge >= 0.3 is 0 Å². The van der Waals surface area contributed by atoms with Crippen LogP contribution in [0.5, 0.6) is 0 Å². The highest BCUT2D eigenvalue weighted by atomic mass is 32.1. The van der Waals surface area contributed by atoms with E-state index >= 15 is 0 Å². The topological polar surface area (TPSA) is 51.4 Å². The molecule has 0 aliphatic rings. The quantitative estimate of drug-likeness (QED) is 0.829. The molecule has 1 aromatic heterocycles. The third-order valence-corrected chi connectivity index (χ3v) is 3.60. The average molecular weight is 251 g/mol. The van der Waals surface area contributed by atoms with Crippen molar-refractivity contribution in [2.75, 3.05) is 37.4 Å². The Bertz CT molecular complexity index is 497. The molecular formula is C12H17N3OS. The minimum atomic E-state index is 0.697. The van der Waals surface area contributed by atoms with Crippen molar-refractivity contribution in [2.45, 2.75) is 6.92 Å². The molecule has 1 aromatic carbocycles. The first-order chi connectivity index (χ1) is 8.27. The Morgan fingerprint density at radius 3 is 3.00 bits per heavy atom. The second-order valence-electron chi connectivity index (χ2n) is 3.77. The number of benzene rings is 1. The van der Waals surface area contributed by atoms with Crippen molar-refractivity contribution in [1.82, 2.24) is 4.98 Å². The van der Waals surface area contributed by atoms with Crippen LogP contribution in [0.1, 0.15) is 6.92 Å². The highest BCUT2D eigenvalue weighted by Crippen LogP contribution is 2.32. The number of aromatic nitrogens is 1. The third-order valence-electron chi connectivity index (χ3n) is 2.81. The number of nitrogen functional groups attached to an aromatic ring is 1. The molecule has 0 spiro atoms. The molecule has 0 aliphatic heterocycles. The van der Waals surface area contributed by atoms with Gasteiger partial charge in [0.05, 0.1) is 28.2 Å². The minimum absolute atomic E-state index is 0.697. The third kappa shape index (κ3) is 2.35. The van der Waals surface area contributed by atoms with Crippen LogP contribution in [0.15, 0.2) is 17.6 Å². The Labute approximate surface area is 105 Å². The molecule has 0 amide bonds. The smallest absolute Gasteiger partial charge is 0.106 e. The van der Waals surface area contributed by atoms with Gasteiger partial charge in [-0.25, -0.2) is 4.98 Å². The molecule has 0 bridgehead atoms.